The van der Waals surface area contributed by atoms with Crippen LogP contribution in [0.5, 0.6) is 0 Å². The number of hydrogen-bond acceptors (Lipinski definition) is 9. The average molecular weight is 785 g/mol. The molecule has 12 heteroatoms. The lowest BCUT2D eigenvalue weighted by Crippen LogP contribution is -2.37. The standard InChI is InChI=1S/C42H74NO10P/c1-6-8-10-12-14-15-16-17-18-20-26-32-41(46)50-36-40(37-52-54(48,49)51-35-34-43(3,4)5)53-42(47)33-27-31-39(45)30-25-22-21-24-29-38(44)28-23-19-13-11-9-7-2/h12,14,19,21-25,29-30,38-40,44-45H,6-11,13,15-18,20,26-28,31-37H2,1-5H3/p+1/b14-12-,22-21+,23-19-,29-24+,30-25-/t38-,39-,40+/m0/s1. The van der Waals surface area contributed by atoms with E-state index in [4.69, 9.17) is 18.5 Å². The molecule has 3 N–H and O–H groups in total. The summed E-state index contributed by atoms with van der Waals surface area (Å²) in [6.07, 6.45) is 31.9. The maximum atomic E-state index is 12.7. The average Bonchev–Trinajstić information content (AvgIpc) is 3.10. The molecule has 1 unspecified atom stereocenters. The molecule has 0 saturated heterocycles. The summed E-state index contributed by atoms with van der Waals surface area (Å²) in [7, 11) is 1.31. The van der Waals surface area contributed by atoms with Crippen molar-refractivity contribution in [2.75, 3.05) is 47.5 Å². The third-order valence-corrected chi connectivity index (χ3v) is 9.19. The number of aliphatic hydroxyl groups is 2. The molecular formula is C42H75NO10P+. The predicted octanol–water partition coefficient (Wildman–Crippen LogP) is 8.85. The van der Waals surface area contributed by atoms with Crippen LogP contribution >= 0.6 is 7.82 Å². The zero-order valence-electron chi connectivity index (χ0n) is 34.2. The molecule has 312 valence electrons. The molecule has 0 saturated carbocycles. The monoisotopic (exact) mass is 785 g/mol. The fourth-order valence-corrected chi connectivity index (χ4v) is 5.63. The normalized spacial score (nSPS) is 15.5. The second kappa shape index (κ2) is 33.9. The fraction of sp³-hybridized carbons (Fsp3) is 0.714. The highest BCUT2D eigenvalue weighted by Crippen LogP contribution is 2.43. The molecule has 11 nitrogen and oxygen atoms in total. The minimum Gasteiger partial charge on any atom is -0.462 e. The first-order valence-corrected chi connectivity index (χ1v) is 21.7. The number of carbonyl (C=O) groups excluding carboxylic acids is 2. The van der Waals surface area contributed by atoms with Crippen LogP contribution in [-0.2, 0) is 32.7 Å². The van der Waals surface area contributed by atoms with Crippen LogP contribution in [0.2, 0.25) is 0 Å². The third kappa shape index (κ3) is 36.6. The Morgan fingerprint density at radius 3 is 1.91 bits per heavy atom. The minimum atomic E-state index is -4.44. The van der Waals surface area contributed by atoms with Gasteiger partial charge in [-0.2, -0.15) is 0 Å². The maximum absolute atomic E-state index is 12.7. The van der Waals surface area contributed by atoms with Gasteiger partial charge in [0.25, 0.3) is 0 Å². The van der Waals surface area contributed by atoms with E-state index >= 15 is 0 Å². The summed E-state index contributed by atoms with van der Waals surface area (Å²) in [6.45, 7) is 3.99. The Bertz CT molecular complexity index is 1140. The van der Waals surface area contributed by atoms with Gasteiger partial charge in [0.2, 0.25) is 0 Å². The molecule has 0 aliphatic heterocycles. The second-order valence-electron chi connectivity index (χ2n) is 14.7. The third-order valence-electron chi connectivity index (χ3n) is 8.21. The van der Waals surface area contributed by atoms with Gasteiger partial charge in [0.1, 0.15) is 19.8 Å². The summed E-state index contributed by atoms with van der Waals surface area (Å²) < 4.78 is 33.9. The smallest absolute Gasteiger partial charge is 0.462 e. The van der Waals surface area contributed by atoms with Crippen LogP contribution < -0.4 is 0 Å². The van der Waals surface area contributed by atoms with Gasteiger partial charge in [-0.15, -0.1) is 0 Å². The molecule has 0 bridgehead atoms. The van der Waals surface area contributed by atoms with Crippen molar-refractivity contribution in [3.05, 3.63) is 60.8 Å². The topological polar surface area (TPSA) is 149 Å². The van der Waals surface area contributed by atoms with Crippen LogP contribution in [0.4, 0.5) is 0 Å². The lowest BCUT2D eigenvalue weighted by Gasteiger charge is -2.24. The Balaban J connectivity index is 4.72. The largest absolute Gasteiger partial charge is 0.472 e. The summed E-state index contributed by atoms with van der Waals surface area (Å²) >= 11 is 0. The van der Waals surface area contributed by atoms with Crippen molar-refractivity contribution >= 4 is 19.8 Å². The van der Waals surface area contributed by atoms with E-state index in [0.717, 1.165) is 44.9 Å². The number of nitrogens with zero attached hydrogens (tertiary/aromatic N) is 1. The van der Waals surface area contributed by atoms with Crippen LogP contribution in [0.3, 0.4) is 0 Å². The highest BCUT2D eigenvalue weighted by atomic mass is 31.2. The lowest BCUT2D eigenvalue weighted by molar-refractivity contribution is -0.870. The molecule has 0 amide bonds. The van der Waals surface area contributed by atoms with Gasteiger partial charge >= 0.3 is 19.8 Å². The molecule has 0 rings (SSSR count). The number of allylic oxidation sites excluding steroid dienone is 7. The molecule has 0 aliphatic carbocycles. The second-order valence-corrected chi connectivity index (χ2v) is 16.2. The summed E-state index contributed by atoms with van der Waals surface area (Å²) in [5, 5.41) is 20.3. The molecule has 0 aliphatic rings. The van der Waals surface area contributed by atoms with Crippen LogP contribution in [-0.4, -0.2) is 97.3 Å². The van der Waals surface area contributed by atoms with E-state index in [2.05, 4.69) is 32.1 Å². The number of likely N-dealkylation sites (N-methyl/N-ethyl adjacent to an activating group) is 1. The molecule has 0 aromatic carbocycles. The zero-order valence-corrected chi connectivity index (χ0v) is 35.1. The van der Waals surface area contributed by atoms with Crippen molar-refractivity contribution in [1.29, 1.82) is 0 Å². The number of unbranched alkanes of at least 4 members (excludes halogenated alkanes) is 10. The Labute approximate surface area is 327 Å². The van der Waals surface area contributed by atoms with Gasteiger partial charge in [-0.3, -0.25) is 18.6 Å². The molecule has 0 heterocycles. The summed E-state index contributed by atoms with van der Waals surface area (Å²) in [5.74, 6) is -1.06. The zero-order chi connectivity index (χ0) is 40.3. The van der Waals surface area contributed by atoms with Gasteiger partial charge in [-0.1, -0.05) is 120 Å². The highest BCUT2D eigenvalue weighted by molar-refractivity contribution is 7.47. The van der Waals surface area contributed by atoms with Crippen LogP contribution in [0.1, 0.15) is 129 Å². The van der Waals surface area contributed by atoms with Gasteiger partial charge in [-0.25, -0.2) is 4.57 Å². The number of carbonyl (C=O) groups is 2. The van der Waals surface area contributed by atoms with Crippen molar-refractivity contribution < 1.29 is 52.3 Å². The first kappa shape index (κ1) is 51.6. The van der Waals surface area contributed by atoms with Gasteiger partial charge < -0.3 is 29.1 Å². The molecule has 0 spiro atoms. The van der Waals surface area contributed by atoms with Crippen LogP contribution in [0.25, 0.3) is 0 Å². The fourth-order valence-electron chi connectivity index (χ4n) is 4.89. The maximum Gasteiger partial charge on any atom is 0.472 e. The SMILES string of the molecule is CCCC/C=C\CCCCCCCC(=O)OC[C@H](COP(=O)(O)OCC[N+](C)(C)C)OC(=O)CCC[C@@H](O)\C=C/C=C/C=C/[C@@H](O)C/C=C\CCCCC. The molecule has 0 fully saturated rings. The van der Waals surface area contributed by atoms with Gasteiger partial charge in [0, 0.05) is 12.8 Å². The number of esters is 2. The predicted molar refractivity (Wildman–Crippen MR) is 218 cm³/mol. The summed E-state index contributed by atoms with van der Waals surface area (Å²) in [4.78, 5) is 35.2. The Morgan fingerprint density at radius 2 is 1.24 bits per heavy atom. The Morgan fingerprint density at radius 1 is 0.667 bits per heavy atom. The summed E-state index contributed by atoms with van der Waals surface area (Å²) in [6, 6.07) is 0. The molecule has 54 heavy (non-hydrogen) atoms. The van der Waals surface area contributed by atoms with E-state index in [-0.39, 0.29) is 26.1 Å². The molecule has 0 aromatic heterocycles. The van der Waals surface area contributed by atoms with E-state index in [1.807, 2.05) is 27.2 Å². The quantitative estimate of drug-likeness (QED) is 0.0142. The van der Waals surface area contributed by atoms with Crippen molar-refractivity contribution in [1.82, 2.24) is 0 Å². The van der Waals surface area contributed by atoms with Crippen molar-refractivity contribution in [2.45, 2.75) is 148 Å². The van der Waals surface area contributed by atoms with Gasteiger partial charge in [0.15, 0.2) is 6.10 Å². The minimum absolute atomic E-state index is 0.0180. The van der Waals surface area contributed by atoms with Crippen molar-refractivity contribution in [2.24, 2.45) is 0 Å². The Kier molecular flexibility index (Phi) is 32.4. The number of rotatable bonds is 35. The number of hydrogen-bond donors (Lipinski definition) is 3. The first-order valence-electron chi connectivity index (χ1n) is 20.2. The number of phosphoric ester groups is 1. The van der Waals surface area contributed by atoms with E-state index in [1.54, 1.807) is 36.5 Å². The van der Waals surface area contributed by atoms with Crippen LogP contribution in [0.15, 0.2) is 60.8 Å². The van der Waals surface area contributed by atoms with Gasteiger partial charge in [-0.05, 0) is 57.8 Å². The van der Waals surface area contributed by atoms with Crippen molar-refractivity contribution in [3.8, 4) is 0 Å². The van der Waals surface area contributed by atoms with E-state index in [1.165, 1.54) is 32.1 Å². The number of phosphoric acid groups is 1. The van der Waals surface area contributed by atoms with E-state index in [9.17, 15) is 29.3 Å². The summed E-state index contributed by atoms with van der Waals surface area (Å²) in [5.41, 5.74) is 0. The molecule has 0 radical (unpaired) electrons. The molecular weight excluding hydrogens is 709 g/mol. The molecule has 4 atom stereocenters. The van der Waals surface area contributed by atoms with E-state index in [0.29, 0.717) is 36.7 Å². The molecule has 0 aromatic rings. The first-order chi connectivity index (χ1) is 25.8. The van der Waals surface area contributed by atoms with Gasteiger partial charge in [0.05, 0.1) is 40.0 Å². The number of quaternary nitrogens is 1. The lowest BCUT2D eigenvalue weighted by atomic mass is 10.1. The van der Waals surface area contributed by atoms with Crippen molar-refractivity contribution in [3.63, 3.8) is 0 Å². The highest BCUT2D eigenvalue weighted by Gasteiger charge is 2.27. The Hall–Kier alpha value is -2.37. The van der Waals surface area contributed by atoms with Crippen LogP contribution in [0, 0.1) is 0 Å². The van der Waals surface area contributed by atoms with E-state index < -0.39 is 44.7 Å². The number of aliphatic hydroxyl groups excluding tert-OH is 2. The number of ether oxygens (including phenoxy) is 2.